The largest absolute Gasteiger partial charge is 0.487 e. The van der Waals surface area contributed by atoms with Gasteiger partial charge in [0.25, 0.3) is 0 Å². The number of pyridine rings is 1. The van der Waals surface area contributed by atoms with Crippen LogP contribution in [0.4, 0.5) is 0 Å². The predicted octanol–water partition coefficient (Wildman–Crippen LogP) is 4.70. The highest BCUT2D eigenvalue weighted by Crippen LogP contribution is 2.17. The fourth-order valence-electron chi connectivity index (χ4n) is 3.12. The van der Waals surface area contributed by atoms with Crippen LogP contribution in [0.3, 0.4) is 0 Å². The summed E-state index contributed by atoms with van der Waals surface area (Å²) in [7, 11) is 0. The molecule has 1 N–H and O–H groups in total. The molecule has 1 aromatic rings. The van der Waals surface area contributed by atoms with Gasteiger partial charge < -0.3 is 10.1 Å². The highest BCUT2D eigenvalue weighted by molar-refractivity contribution is 5.36. The molecule has 132 valence electrons. The van der Waals surface area contributed by atoms with Crippen molar-refractivity contribution in [3.05, 3.63) is 24.0 Å². The Hall–Kier alpha value is -1.53. The van der Waals surface area contributed by atoms with Crippen LogP contribution in [-0.4, -0.2) is 23.7 Å². The highest BCUT2D eigenvalue weighted by atomic mass is 16.5. The molecule has 1 aliphatic heterocycles. The molecule has 24 heavy (non-hydrogen) atoms. The molecule has 0 bridgehead atoms. The first-order chi connectivity index (χ1) is 11.8. The molecule has 1 saturated heterocycles. The van der Waals surface area contributed by atoms with E-state index in [1.165, 1.54) is 51.4 Å². The Morgan fingerprint density at radius 3 is 2.88 bits per heavy atom. The molecule has 3 nitrogen and oxygen atoms in total. The highest BCUT2D eigenvalue weighted by Gasteiger charge is 2.22. The summed E-state index contributed by atoms with van der Waals surface area (Å²) in [5.74, 6) is 7.31. The van der Waals surface area contributed by atoms with Crippen molar-refractivity contribution in [2.24, 2.45) is 0 Å². The number of nitrogens with zero attached hydrogens (tertiary/aromatic N) is 1. The third kappa shape index (κ3) is 6.93. The van der Waals surface area contributed by atoms with Crippen LogP contribution >= 0.6 is 0 Å². The normalized spacial score (nSPS) is 18.0. The van der Waals surface area contributed by atoms with Gasteiger partial charge in [-0.2, -0.15) is 0 Å². The van der Waals surface area contributed by atoms with Crippen molar-refractivity contribution in [3.8, 4) is 17.6 Å². The average molecular weight is 329 g/mol. The minimum Gasteiger partial charge on any atom is -0.487 e. The Kier molecular flexibility index (Phi) is 8.70. The maximum Gasteiger partial charge on any atom is 0.139 e. The molecule has 1 aromatic heterocycles. The second-order valence-corrected chi connectivity index (χ2v) is 6.75. The van der Waals surface area contributed by atoms with Gasteiger partial charge in [0.1, 0.15) is 11.9 Å². The monoisotopic (exact) mass is 328 g/mol. The maximum atomic E-state index is 6.03. The summed E-state index contributed by atoms with van der Waals surface area (Å²) >= 11 is 0. The molecule has 2 rings (SSSR count). The van der Waals surface area contributed by atoms with Crippen molar-refractivity contribution < 1.29 is 4.74 Å². The molecule has 1 fully saturated rings. The maximum absolute atomic E-state index is 6.03. The summed E-state index contributed by atoms with van der Waals surface area (Å²) in [5.41, 5.74) is 0.949. The number of aromatic nitrogens is 1. The number of hydrogen-bond acceptors (Lipinski definition) is 3. The SMILES string of the molecule is CCCCCCCCC#Cc1cncc(OC(C)[C@@H]2CCCN2)c1. The number of nitrogens with one attached hydrogen (secondary N) is 1. The van der Waals surface area contributed by atoms with E-state index in [1.54, 1.807) is 6.20 Å². The summed E-state index contributed by atoms with van der Waals surface area (Å²) in [6.07, 6.45) is 15.0. The van der Waals surface area contributed by atoms with Crippen molar-refractivity contribution in [1.82, 2.24) is 10.3 Å². The molecule has 2 heterocycles. The van der Waals surface area contributed by atoms with Crippen molar-refractivity contribution in [3.63, 3.8) is 0 Å². The van der Waals surface area contributed by atoms with Crippen LogP contribution in [0.15, 0.2) is 18.5 Å². The van der Waals surface area contributed by atoms with Gasteiger partial charge in [-0.25, -0.2) is 0 Å². The molecular formula is C21H32N2O. The molecule has 0 saturated carbocycles. The van der Waals surface area contributed by atoms with Crippen molar-refractivity contribution in [2.75, 3.05) is 6.54 Å². The second kappa shape index (κ2) is 11.1. The molecule has 0 spiro atoms. The van der Waals surface area contributed by atoms with Gasteiger partial charge in [0.2, 0.25) is 0 Å². The molecule has 3 heteroatoms. The number of rotatable bonds is 9. The molecule has 0 aliphatic carbocycles. The van der Waals surface area contributed by atoms with Gasteiger partial charge in [-0.05, 0) is 38.8 Å². The Balaban J connectivity index is 1.73. The molecular weight excluding hydrogens is 296 g/mol. The summed E-state index contributed by atoms with van der Waals surface area (Å²) in [6, 6.07) is 2.46. The van der Waals surface area contributed by atoms with E-state index in [9.17, 15) is 0 Å². The van der Waals surface area contributed by atoms with E-state index in [0.717, 1.165) is 24.3 Å². The van der Waals surface area contributed by atoms with Crippen LogP contribution < -0.4 is 10.1 Å². The lowest BCUT2D eigenvalue weighted by atomic mass is 10.1. The van der Waals surface area contributed by atoms with Gasteiger partial charge in [-0.15, -0.1) is 0 Å². The first kappa shape index (κ1) is 18.8. The van der Waals surface area contributed by atoms with Gasteiger partial charge in [-0.3, -0.25) is 4.98 Å². The lowest BCUT2D eigenvalue weighted by Crippen LogP contribution is -2.36. The Bertz CT molecular complexity index is 526. The topological polar surface area (TPSA) is 34.1 Å². The van der Waals surface area contributed by atoms with Crippen LogP contribution in [0, 0.1) is 11.8 Å². The van der Waals surface area contributed by atoms with Gasteiger partial charge in [0.15, 0.2) is 0 Å². The van der Waals surface area contributed by atoms with E-state index in [4.69, 9.17) is 4.74 Å². The lowest BCUT2D eigenvalue weighted by Gasteiger charge is -2.20. The zero-order valence-corrected chi connectivity index (χ0v) is 15.3. The van der Waals surface area contributed by atoms with Crippen LogP contribution in [0.2, 0.25) is 0 Å². The molecule has 1 aliphatic rings. The first-order valence-electron chi connectivity index (χ1n) is 9.63. The number of hydrogen-bond donors (Lipinski definition) is 1. The minimum atomic E-state index is 0.167. The summed E-state index contributed by atoms with van der Waals surface area (Å²) in [5, 5.41) is 3.48. The summed E-state index contributed by atoms with van der Waals surface area (Å²) in [4.78, 5) is 4.27. The first-order valence-corrected chi connectivity index (χ1v) is 9.63. The Morgan fingerprint density at radius 1 is 1.25 bits per heavy atom. The third-order valence-electron chi connectivity index (χ3n) is 4.59. The summed E-state index contributed by atoms with van der Waals surface area (Å²) < 4.78 is 6.03. The van der Waals surface area contributed by atoms with Crippen LogP contribution in [0.1, 0.15) is 77.2 Å². The van der Waals surface area contributed by atoms with E-state index in [2.05, 4.69) is 36.0 Å². The fourth-order valence-corrected chi connectivity index (χ4v) is 3.12. The van der Waals surface area contributed by atoms with Crippen molar-refractivity contribution in [1.29, 1.82) is 0 Å². The van der Waals surface area contributed by atoms with Gasteiger partial charge in [0.05, 0.1) is 6.20 Å². The standard InChI is InChI=1S/C21H32N2O/c1-3-4-5-6-7-8-9-10-12-19-15-20(17-22-16-19)24-18(2)21-13-11-14-23-21/h15-18,21,23H,3-9,11,13-14H2,1-2H3/t18?,21-/m0/s1. The van der Waals surface area contributed by atoms with E-state index >= 15 is 0 Å². The Labute approximate surface area is 147 Å². The van der Waals surface area contributed by atoms with Crippen molar-refractivity contribution in [2.45, 2.75) is 83.8 Å². The minimum absolute atomic E-state index is 0.167. The van der Waals surface area contributed by atoms with Crippen LogP contribution in [-0.2, 0) is 0 Å². The molecule has 2 atom stereocenters. The van der Waals surface area contributed by atoms with Gasteiger partial charge in [0, 0.05) is 24.2 Å². The van der Waals surface area contributed by atoms with E-state index in [0.29, 0.717) is 6.04 Å². The summed E-state index contributed by atoms with van der Waals surface area (Å²) in [6.45, 7) is 5.48. The van der Waals surface area contributed by atoms with Crippen molar-refractivity contribution >= 4 is 0 Å². The average Bonchev–Trinajstić information content (AvgIpc) is 3.12. The second-order valence-electron chi connectivity index (χ2n) is 6.75. The van der Waals surface area contributed by atoms with Crippen LogP contribution in [0.25, 0.3) is 0 Å². The smallest absolute Gasteiger partial charge is 0.139 e. The number of ether oxygens (including phenoxy) is 1. The quantitative estimate of drug-likeness (QED) is 0.527. The van der Waals surface area contributed by atoms with E-state index < -0.39 is 0 Å². The Morgan fingerprint density at radius 2 is 2.08 bits per heavy atom. The zero-order valence-electron chi connectivity index (χ0n) is 15.3. The predicted molar refractivity (Wildman–Crippen MR) is 100 cm³/mol. The fraction of sp³-hybridized carbons (Fsp3) is 0.667. The zero-order chi connectivity index (χ0) is 17.0. The molecule has 0 radical (unpaired) electrons. The lowest BCUT2D eigenvalue weighted by molar-refractivity contribution is 0.179. The number of unbranched alkanes of at least 4 members (excludes halogenated alkanes) is 6. The van der Waals surface area contributed by atoms with Gasteiger partial charge >= 0.3 is 0 Å². The van der Waals surface area contributed by atoms with Crippen LogP contribution in [0.5, 0.6) is 5.75 Å². The van der Waals surface area contributed by atoms with E-state index in [1.807, 2.05) is 12.3 Å². The van der Waals surface area contributed by atoms with Gasteiger partial charge in [-0.1, -0.05) is 50.9 Å². The molecule has 1 unspecified atom stereocenters. The van der Waals surface area contributed by atoms with E-state index in [-0.39, 0.29) is 6.10 Å². The molecule has 0 amide bonds. The molecule has 0 aromatic carbocycles. The third-order valence-corrected chi connectivity index (χ3v) is 4.59.